The molecule has 5 nitrogen and oxygen atoms in total. The molecule has 1 aliphatic rings. The second-order valence-electron chi connectivity index (χ2n) is 7.05. The molecule has 1 fully saturated rings. The second kappa shape index (κ2) is 11.9. The van der Waals surface area contributed by atoms with E-state index in [4.69, 9.17) is 4.99 Å². The van der Waals surface area contributed by atoms with Crippen molar-refractivity contribution in [2.75, 3.05) is 31.1 Å². The minimum Gasteiger partial charge on any atom is -0.371 e. The maximum atomic E-state index is 4.78. The number of hydrogen-bond donors (Lipinski definition) is 2. The fraction of sp³-hybridized carbons (Fsp3) is 0.455. The Balaban J connectivity index is 0.00000280. The minimum absolute atomic E-state index is 0. The van der Waals surface area contributed by atoms with Crippen LogP contribution < -0.4 is 15.5 Å². The van der Waals surface area contributed by atoms with Crippen molar-refractivity contribution < 1.29 is 0 Å². The summed E-state index contributed by atoms with van der Waals surface area (Å²) < 4.78 is 0. The third kappa shape index (κ3) is 6.65. The lowest BCUT2D eigenvalue weighted by molar-refractivity contribution is 0.461. The van der Waals surface area contributed by atoms with Gasteiger partial charge in [0.2, 0.25) is 0 Å². The van der Waals surface area contributed by atoms with Crippen LogP contribution in [0.2, 0.25) is 0 Å². The number of halogens is 1. The molecule has 28 heavy (non-hydrogen) atoms. The summed E-state index contributed by atoms with van der Waals surface area (Å²) in [4.78, 5) is 11.4. The van der Waals surface area contributed by atoms with Gasteiger partial charge in [0, 0.05) is 50.3 Å². The minimum atomic E-state index is 0. The number of guanidine groups is 1. The van der Waals surface area contributed by atoms with Gasteiger partial charge < -0.3 is 15.5 Å². The third-order valence-corrected chi connectivity index (χ3v) is 5.09. The summed E-state index contributed by atoms with van der Waals surface area (Å²) in [5, 5.41) is 7.02. The Morgan fingerprint density at radius 2 is 1.93 bits per heavy atom. The molecule has 0 spiro atoms. The van der Waals surface area contributed by atoms with E-state index in [9.17, 15) is 0 Å². The van der Waals surface area contributed by atoms with Crippen molar-refractivity contribution in [2.45, 2.75) is 39.2 Å². The van der Waals surface area contributed by atoms with E-state index in [2.05, 4.69) is 70.8 Å². The van der Waals surface area contributed by atoms with E-state index in [0.717, 1.165) is 51.4 Å². The maximum absolute atomic E-state index is 4.78. The standard InChI is InChI=1S/C22H31N5.HI/c1-3-24-22(25-14-10-19-9-13-23-17-18(19)2)26-20-11-15-27(16-12-20)21-7-5-4-6-8-21;/h4-9,13,17,20H,3,10-12,14-16H2,1-2H3,(H2,24,25,26);1H. The highest BCUT2D eigenvalue weighted by Gasteiger charge is 2.20. The van der Waals surface area contributed by atoms with Gasteiger partial charge in [0.25, 0.3) is 0 Å². The molecule has 1 saturated heterocycles. The topological polar surface area (TPSA) is 52.6 Å². The van der Waals surface area contributed by atoms with Crippen LogP contribution in [0.5, 0.6) is 0 Å². The Hall–Kier alpha value is -1.83. The fourth-order valence-corrected chi connectivity index (χ4v) is 3.51. The third-order valence-electron chi connectivity index (χ3n) is 5.09. The number of aryl methyl sites for hydroxylation is 1. The Kier molecular flexibility index (Phi) is 9.54. The quantitative estimate of drug-likeness (QED) is 0.366. The number of aliphatic imine (C=N–C) groups is 1. The summed E-state index contributed by atoms with van der Waals surface area (Å²) in [7, 11) is 0. The second-order valence-corrected chi connectivity index (χ2v) is 7.05. The van der Waals surface area contributed by atoms with Gasteiger partial charge in [-0.1, -0.05) is 18.2 Å². The van der Waals surface area contributed by atoms with Crippen LogP contribution in [0.4, 0.5) is 5.69 Å². The van der Waals surface area contributed by atoms with Gasteiger partial charge in [0.05, 0.1) is 0 Å². The molecule has 1 aliphatic heterocycles. The number of piperidine rings is 1. The van der Waals surface area contributed by atoms with Crippen LogP contribution in [-0.4, -0.2) is 43.2 Å². The summed E-state index contributed by atoms with van der Waals surface area (Å²) in [6.07, 6.45) is 6.97. The lowest BCUT2D eigenvalue weighted by Gasteiger charge is -2.34. The molecule has 152 valence electrons. The SMILES string of the molecule is CCNC(=NCCc1ccncc1C)NC1CCN(c2ccccc2)CC1.I. The fourth-order valence-electron chi connectivity index (χ4n) is 3.51. The van der Waals surface area contributed by atoms with E-state index >= 15 is 0 Å². The maximum Gasteiger partial charge on any atom is 0.191 e. The molecule has 0 bridgehead atoms. The van der Waals surface area contributed by atoms with Crippen LogP contribution in [0.25, 0.3) is 0 Å². The number of nitrogens with zero attached hydrogens (tertiary/aromatic N) is 3. The van der Waals surface area contributed by atoms with Gasteiger partial charge in [0.1, 0.15) is 0 Å². The van der Waals surface area contributed by atoms with Crippen molar-refractivity contribution in [3.63, 3.8) is 0 Å². The molecule has 2 aromatic rings. The highest BCUT2D eigenvalue weighted by atomic mass is 127. The molecule has 1 aromatic carbocycles. The van der Waals surface area contributed by atoms with Gasteiger partial charge in [-0.15, -0.1) is 24.0 Å². The average molecular weight is 493 g/mol. The molecule has 0 unspecified atom stereocenters. The van der Waals surface area contributed by atoms with Crippen molar-refractivity contribution >= 4 is 35.6 Å². The number of nitrogens with one attached hydrogen (secondary N) is 2. The molecule has 0 saturated carbocycles. The smallest absolute Gasteiger partial charge is 0.191 e. The molecule has 3 rings (SSSR count). The van der Waals surface area contributed by atoms with Crippen LogP contribution in [0.1, 0.15) is 30.9 Å². The summed E-state index contributed by atoms with van der Waals surface area (Å²) in [5.74, 6) is 0.933. The summed E-state index contributed by atoms with van der Waals surface area (Å²) in [6, 6.07) is 13.3. The first kappa shape index (κ1) is 22.5. The first-order valence-electron chi connectivity index (χ1n) is 10.0. The zero-order valence-corrected chi connectivity index (χ0v) is 19.2. The molecule has 0 aliphatic carbocycles. The van der Waals surface area contributed by atoms with Crippen LogP contribution in [-0.2, 0) is 6.42 Å². The summed E-state index contributed by atoms with van der Waals surface area (Å²) >= 11 is 0. The number of benzene rings is 1. The largest absolute Gasteiger partial charge is 0.371 e. The van der Waals surface area contributed by atoms with E-state index in [1.807, 2.05) is 12.4 Å². The predicted molar refractivity (Wildman–Crippen MR) is 129 cm³/mol. The van der Waals surface area contributed by atoms with Crippen LogP contribution in [0.15, 0.2) is 53.8 Å². The van der Waals surface area contributed by atoms with E-state index in [1.165, 1.54) is 16.8 Å². The zero-order valence-electron chi connectivity index (χ0n) is 16.9. The Morgan fingerprint density at radius 3 is 2.61 bits per heavy atom. The monoisotopic (exact) mass is 493 g/mol. The number of para-hydroxylation sites is 1. The number of rotatable bonds is 6. The van der Waals surface area contributed by atoms with Crippen molar-refractivity contribution in [3.05, 3.63) is 59.9 Å². The molecular weight excluding hydrogens is 461 g/mol. The zero-order chi connectivity index (χ0) is 18.9. The Labute approximate surface area is 186 Å². The predicted octanol–water partition coefficient (Wildman–Crippen LogP) is 3.77. The lowest BCUT2D eigenvalue weighted by Crippen LogP contribution is -2.48. The highest BCUT2D eigenvalue weighted by Crippen LogP contribution is 2.19. The van der Waals surface area contributed by atoms with Crippen molar-refractivity contribution in [3.8, 4) is 0 Å². The lowest BCUT2D eigenvalue weighted by atomic mass is 10.0. The molecule has 1 aromatic heterocycles. The number of aromatic nitrogens is 1. The van der Waals surface area contributed by atoms with E-state index < -0.39 is 0 Å². The van der Waals surface area contributed by atoms with Gasteiger partial charge in [-0.05, 0) is 62.4 Å². The van der Waals surface area contributed by atoms with E-state index in [0.29, 0.717) is 6.04 Å². The summed E-state index contributed by atoms with van der Waals surface area (Å²) in [5.41, 5.74) is 3.88. The highest BCUT2D eigenvalue weighted by molar-refractivity contribution is 14.0. The van der Waals surface area contributed by atoms with E-state index in [1.54, 1.807) is 0 Å². The van der Waals surface area contributed by atoms with Crippen LogP contribution >= 0.6 is 24.0 Å². The Bertz CT molecular complexity index is 727. The average Bonchev–Trinajstić information content (AvgIpc) is 2.71. The Morgan fingerprint density at radius 1 is 1.18 bits per heavy atom. The van der Waals surface area contributed by atoms with Crippen molar-refractivity contribution in [1.82, 2.24) is 15.6 Å². The molecule has 0 atom stereocenters. The van der Waals surface area contributed by atoms with Crippen molar-refractivity contribution in [1.29, 1.82) is 0 Å². The van der Waals surface area contributed by atoms with Gasteiger partial charge in [-0.3, -0.25) is 9.98 Å². The number of hydrogen-bond acceptors (Lipinski definition) is 3. The number of anilines is 1. The van der Waals surface area contributed by atoms with Gasteiger partial charge in [-0.25, -0.2) is 0 Å². The van der Waals surface area contributed by atoms with Crippen LogP contribution in [0.3, 0.4) is 0 Å². The first-order valence-corrected chi connectivity index (χ1v) is 10.0. The van der Waals surface area contributed by atoms with Gasteiger partial charge in [0.15, 0.2) is 5.96 Å². The molecule has 0 amide bonds. The normalized spacial score (nSPS) is 15.1. The van der Waals surface area contributed by atoms with E-state index in [-0.39, 0.29) is 24.0 Å². The van der Waals surface area contributed by atoms with Crippen LogP contribution in [0, 0.1) is 6.92 Å². The summed E-state index contributed by atoms with van der Waals surface area (Å²) in [6.45, 7) is 8.04. The molecular formula is C22H32IN5. The first-order chi connectivity index (χ1) is 13.3. The van der Waals surface area contributed by atoms with Gasteiger partial charge in [-0.2, -0.15) is 0 Å². The number of pyridine rings is 1. The molecule has 6 heteroatoms. The van der Waals surface area contributed by atoms with Crippen molar-refractivity contribution in [2.24, 2.45) is 4.99 Å². The molecule has 0 radical (unpaired) electrons. The van der Waals surface area contributed by atoms with Gasteiger partial charge >= 0.3 is 0 Å². The molecule has 2 heterocycles. The molecule has 2 N–H and O–H groups in total.